The fourth-order valence-corrected chi connectivity index (χ4v) is 4.06. The van der Waals surface area contributed by atoms with Gasteiger partial charge in [-0.1, -0.05) is 17.3 Å². The topological polar surface area (TPSA) is 151 Å². The summed E-state index contributed by atoms with van der Waals surface area (Å²) in [6, 6.07) is 3.80. The first-order valence-electron chi connectivity index (χ1n) is 12.4. The molecule has 0 bridgehead atoms. The van der Waals surface area contributed by atoms with Gasteiger partial charge >= 0.3 is 0 Å². The van der Waals surface area contributed by atoms with Crippen LogP contribution in [0.4, 0.5) is 4.39 Å². The van der Waals surface area contributed by atoms with E-state index in [1.165, 1.54) is 35.2 Å². The molecule has 204 valence electrons. The summed E-state index contributed by atoms with van der Waals surface area (Å²) in [7, 11) is 1.65. The Morgan fingerprint density at radius 3 is 2.55 bits per heavy atom. The normalized spacial score (nSPS) is 22.0. The van der Waals surface area contributed by atoms with E-state index in [9.17, 15) is 28.4 Å². The molecule has 3 atom stereocenters. The number of nitrogens with one attached hydrogen (secondary N) is 3. The summed E-state index contributed by atoms with van der Waals surface area (Å²) in [5.41, 5.74) is 0.578. The molecule has 0 aliphatic carbocycles. The molecule has 2 heterocycles. The second kappa shape index (κ2) is 13.5. The number of benzene rings is 1. The molecule has 1 fully saturated rings. The van der Waals surface area contributed by atoms with Gasteiger partial charge in [-0.2, -0.15) is 0 Å². The van der Waals surface area contributed by atoms with Crippen LogP contribution >= 0.6 is 0 Å². The Kier molecular flexibility index (Phi) is 10.1. The van der Waals surface area contributed by atoms with E-state index in [0.717, 1.165) is 0 Å². The molecule has 3 N–H and O–H groups in total. The number of carbonyl (C=O) groups is 5. The average Bonchev–Trinajstić information content (AvgIpc) is 3.34. The molecule has 1 aromatic heterocycles. The molecular formula is C26H32FN5O6. The highest BCUT2D eigenvalue weighted by molar-refractivity contribution is 5.97. The smallest absolute Gasteiger partial charge is 0.274 e. The van der Waals surface area contributed by atoms with E-state index in [-0.39, 0.29) is 37.3 Å². The Labute approximate surface area is 219 Å². The highest BCUT2D eigenvalue weighted by atomic mass is 19.1. The summed E-state index contributed by atoms with van der Waals surface area (Å²) in [6.45, 7) is 2.05. The van der Waals surface area contributed by atoms with Gasteiger partial charge in [0.1, 0.15) is 29.9 Å². The zero-order valence-corrected chi connectivity index (χ0v) is 21.4. The number of aryl methyl sites for hydroxylation is 1. The first kappa shape index (κ1) is 28.5. The van der Waals surface area contributed by atoms with Crippen LogP contribution in [0.15, 0.2) is 34.9 Å². The van der Waals surface area contributed by atoms with E-state index in [1.54, 1.807) is 14.0 Å². The number of aromatic nitrogens is 1. The van der Waals surface area contributed by atoms with Gasteiger partial charge in [-0.15, -0.1) is 0 Å². The van der Waals surface area contributed by atoms with Crippen molar-refractivity contribution in [3.63, 3.8) is 0 Å². The molecule has 1 aliphatic heterocycles. The molecule has 4 amide bonds. The fourth-order valence-electron chi connectivity index (χ4n) is 4.06. The zero-order chi connectivity index (χ0) is 27.7. The maximum Gasteiger partial charge on any atom is 0.274 e. The van der Waals surface area contributed by atoms with Crippen molar-refractivity contribution in [1.29, 1.82) is 0 Å². The number of rotatable bonds is 5. The Morgan fingerprint density at radius 1 is 1.16 bits per heavy atom. The lowest BCUT2D eigenvalue weighted by Crippen LogP contribution is -2.55. The minimum absolute atomic E-state index is 0.00551. The van der Waals surface area contributed by atoms with Gasteiger partial charge in [0.15, 0.2) is 5.69 Å². The highest BCUT2D eigenvalue weighted by Gasteiger charge is 2.29. The third-order valence-corrected chi connectivity index (χ3v) is 6.29. The standard InChI is InChI=1S/C26H32FN5O6/c1-16-13-22(31-38-16)26(37)29-20-5-3-4-12-32(2)23(34)11-10-19(15-33)28-25(36)21(30-24(20)35)14-17-6-8-18(27)9-7-17/h6-9,13,15,19-21H,3-5,10-12,14H2,1-2H3,(H,28,36)(H,29,37)(H,30,35)/t19-,20-,21-/m0/s1. The Bertz CT molecular complexity index is 1150. The lowest BCUT2D eigenvalue weighted by atomic mass is 10.0. The summed E-state index contributed by atoms with van der Waals surface area (Å²) in [6.07, 6.45) is 2.02. The summed E-state index contributed by atoms with van der Waals surface area (Å²) in [5.74, 6) is -2.08. The minimum atomic E-state index is -1.13. The first-order valence-corrected chi connectivity index (χ1v) is 12.4. The van der Waals surface area contributed by atoms with E-state index in [1.807, 2.05) is 0 Å². The van der Waals surface area contributed by atoms with Crippen LogP contribution in [0, 0.1) is 12.7 Å². The van der Waals surface area contributed by atoms with Gasteiger partial charge in [-0.05, 0) is 50.3 Å². The van der Waals surface area contributed by atoms with Gasteiger partial charge in [0.2, 0.25) is 17.7 Å². The summed E-state index contributed by atoms with van der Waals surface area (Å²) in [5, 5.41) is 11.6. The maximum atomic E-state index is 13.4. The number of amides is 4. The molecule has 0 radical (unpaired) electrons. The van der Waals surface area contributed by atoms with Gasteiger partial charge in [-0.25, -0.2) is 4.39 Å². The van der Waals surface area contributed by atoms with Crippen LogP contribution in [-0.2, 0) is 25.6 Å². The van der Waals surface area contributed by atoms with E-state index in [0.29, 0.717) is 37.0 Å². The molecule has 38 heavy (non-hydrogen) atoms. The number of hydrogen-bond donors (Lipinski definition) is 3. The quantitative estimate of drug-likeness (QED) is 0.490. The summed E-state index contributed by atoms with van der Waals surface area (Å²) < 4.78 is 18.4. The summed E-state index contributed by atoms with van der Waals surface area (Å²) in [4.78, 5) is 64.9. The molecule has 1 aliphatic rings. The molecule has 0 saturated carbocycles. The monoisotopic (exact) mass is 529 g/mol. The van der Waals surface area contributed by atoms with E-state index >= 15 is 0 Å². The number of aldehydes is 1. The molecule has 2 aromatic rings. The van der Waals surface area contributed by atoms with Crippen molar-refractivity contribution in [2.24, 2.45) is 0 Å². The molecule has 12 heteroatoms. The van der Waals surface area contributed by atoms with Crippen molar-refractivity contribution in [3.8, 4) is 0 Å². The Morgan fingerprint density at radius 2 is 1.89 bits per heavy atom. The zero-order valence-electron chi connectivity index (χ0n) is 21.4. The molecule has 3 rings (SSSR count). The molecule has 0 unspecified atom stereocenters. The van der Waals surface area contributed by atoms with Crippen molar-refractivity contribution in [1.82, 2.24) is 26.0 Å². The number of halogens is 1. The van der Waals surface area contributed by atoms with Crippen LogP contribution in [0.5, 0.6) is 0 Å². The molecular weight excluding hydrogens is 497 g/mol. The molecule has 1 aromatic carbocycles. The first-order chi connectivity index (χ1) is 18.2. The van der Waals surface area contributed by atoms with Crippen molar-refractivity contribution in [2.45, 2.75) is 63.6 Å². The Hall–Kier alpha value is -4.09. The minimum Gasteiger partial charge on any atom is -0.361 e. The van der Waals surface area contributed by atoms with Gasteiger partial charge in [-0.3, -0.25) is 19.2 Å². The van der Waals surface area contributed by atoms with Crippen LogP contribution in [0.2, 0.25) is 0 Å². The third kappa shape index (κ3) is 8.22. The average molecular weight is 530 g/mol. The predicted molar refractivity (Wildman–Crippen MR) is 133 cm³/mol. The molecule has 0 spiro atoms. The highest BCUT2D eigenvalue weighted by Crippen LogP contribution is 2.11. The number of hydrogen-bond acceptors (Lipinski definition) is 7. The third-order valence-electron chi connectivity index (χ3n) is 6.29. The van der Waals surface area contributed by atoms with Crippen molar-refractivity contribution < 1.29 is 32.9 Å². The van der Waals surface area contributed by atoms with Gasteiger partial charge in [0, 0.05) is 32.5 Å². The van der Waals surface area contributed by atoms with Crippen LogP contribution in [0.1, 0.15) is 53.9 Å². The molecule has 1 saturated heterocycles. The van der Waals surface area contributed by atoms with Crippen molar-refractivity contribution in [2.75, 3.05) is 13.6 Å². The van der Waals surface area contributed by atoms with Crippen LogP contribution < -0.4 is 16.0 Å². The Balaban J connectivity index is 1.86. The second-order valence-corrected chi connectivity index (χ2v) is 9.34. The van der Waals surface area contributed by atoms with E-state index < -0.39 is 41.7 Å². The SMILES string of the molecule is Cc1cc(C(=O)N[C@H]2CCCCN(C)C(=O)CC[C@@H](C=O)NC(=O)[C@H](Cc3ccc(F)cc3)NC2=O)no1. The van der Waals surface area contributed by atoms with Crippen LogP contribution in [0.3, 0.4) is 0 Å². The van der Waals surface area contributed by atoms with Crippen molar-refractivity contribution >= 4 is 29.9 Å². The van der Waals surface area contributed by atoms with Crippen LogP contribution in [-0.4, -0.2) is 71.7 Å². The molecule has 11 nitrogen and oxygen atoms in total. The number of nitrogens with zero attached hydrogens (tertiary/aromatic N) is 2. The fraction of sp³-hybridized carbons (Fsp3) is 0.462. The van der Waals surface area contributed by atoms with Crippen molar-refractivity contribution in [3.05, 3.63) is 53.2 Å². The van der Waals surface area contributed by atoms with E-state index in [4.69, 9.17) is 4.52 Å². The van der Waals surface area contributed by atoms with Crippen LogP contribution in [0.25, 0.3) is 0 Å². The van der Waals surface area contributed by atoms with Gasteiger partial charge in [0.25, 0.3) is 5.91 Å². The summed E-state index contributed by atoms with van der Waals surface area (Å²) >= 11 is 0. The lowest BCUT2D eigenvalue weighted by molar-refractivity contribution is -0.131. The number of carbonyl (C=O) groups excluding carboxylic acids is 5. The maximum absolute atomic E-state index is 13.4. The van der Waals surface area contributed by atoms with E-state index in [2.05, 4.69) is 21.1 Å². The predicted octanol–water partition coefficient (Wildman–Crippen LogP) is 1.05. The second-order valence-electron chi connectivity index (χ2n) is 9.34. The van der Waals surface area contributed by atoms with Gasteiger partial charge < -0.3 is 30.2 Å². The largest absolute Gasteiger partial charge is 0.361 e. The van der Waals surface area contributed by atoms with Gasteiger partial charge in [0.05, 0.1) is 6.04 Å². The lowest BCUT2D eigenvalue weighted by Gasteiger charge is -2.24.